The third-order valence-electron chi connectivity index (χ3n) is 4.88. The molecule has 0 spiro atoms. The number of aromatic nitrogens is 1. The number of thiazole rings is 1. The van der Waals surface area contributed by atoms with E-state index in [-0.39, 0.29) is 24.4 Å². The lowest BCUT2D eigenvalue weighted by molar-refractivity contribution is -0.123. The number of nitrogens with zero attached hydrogens (tertiary/aromatic N) is 2. The number of hydrogen-bond donors (Lipinski definition) is 1. The number of amides is 1. The van der Waals surface area contributed by atoms with Gasteiger partial charge in [0.25, 0.3) is 5.91 Å². The van der Waals surface area contributed by atoms with Gasteiger partial charge in [0.1, 0.15) is 11.6 Å². The van der Waals surface area contributed by atoms with Crippen LogP contribution in [0, 0.1) is 5.82 Å². The van der Waals surface area contributed by atoms with Gasteiger partial charge in [0.05, 0.1) is 5.69 Å². The molecular weight excluding hydrogens is 389 g/mol. The molecule has 0 atom stereocenters. The molecule has 1 saturated heterocycles. The van der Waals surface area contributed by atoms with Crippen molar-refractivity contribution in [1.82, 2.24) is 10.3 Å². The fourth-order valence-corrected chi connectivity index (χ4v) is 4.20. The van der Waals surface area contributed by atoms with Crippen LogP contribution < -0.4 is 15.0 Å². The third-order valence-corrected chi connectivity index (χ3v) is 5.78. The molecule has 7 heteroatoms. The summed E-state index contributed by atoms with van der Waals surface area (Å²) in [6.45, 7) is 1.69. The maximum atomic E-state index is 13.1. The van der Waals surface area contributed by atoms with Crippen LogP contribution in [0.5, 0.6) is 5.75 Å². The molecule has 0 unspecified atom stereocenters. The van der Waals surface area contributed by atoms with Crippen molar-refractivity contribution in [2.75, 3.05) is 24.6 Å². The first-order valence-electron chi connectivity index (χ1n) is 9.61. The SMILES string of the molecule is O=C(COc1ccccc1)NC1CCN(c2nc(-c3ccc(F)cc3)cs2)CC1. The molecule has 0 bridgehead atoms. The second kappa shape index (κ2) is 9.05. The van der Waals surface area contributed by atoms with Crippen LogP contribution in [0.4, 0.5) is 9.52 Å². The van der Waals surface area contributed by atoms with Gasteiger partial charge in [-0.25, -0.2) is 9.37 Å². The lowest BCUT2D eigenvalue weighted by Gasteiger charge is -2.32. The van der Waals surface area contributed by atoms with Crippen LogP contribution in [0.1, 0.15) is 12.8 Å². The summed E-state index contributed by atoms with van der Waals surface area (Å²) < 4.78 is 18.6. The molecule has 0 radical (unpaired) electrons. The Hall–Kier alpha value is -2.93. The molecule has 29 heavy (non-hydrogen) atoms. The normalized spacial score (nSPS) is 14.6. The highest BCUT2D eigenvalue weighted by Crippen LogP contribution is 2.29. The van der Waals surface area contributed by atoms with E-state index in [1.165, 1.54) is 12.1 Å². The summed E-state index contributed by atoms with van der Waals surface area (Å²) >= 11 is 1.59. The number of halogens is 1. The molecule has 0 aliphatic carbocycles. The number of carbonyl (C=O) groups is 1. The first kappa shape index (κ1) is 19.4. The lowest BCUT2D eigenvalue weighted by Crippen LogP contribution is -2.46. The molecule has 3 aromatic rings. The predicted octanol–water partition coefficient (Wildman–Crippen LogP) is 4.11. The molecule has 150 valence electrons. The van der Waals surface area contributed by atoms with Crippen LogP contribution in [-0.4, -0.2) is 36.6 Å². The molecule has 1 aromatic heterocycles. The van der Waals surface area contributed by atoms with Crippen molar-refractivity contribution in [1.29, 1.82) is 0 Å². The summed E-state index contributed by atoms with van der Waals surface area (Å²) in [5.41, 5.74) is 1.77. The van der Waals surface area contributed by atoms with Gasteiger partial charge in [-0.3, -0.25) is 4.79 Å². The zero-order chi connectivity index (χ0) is 20.1. The number of ether oxygens (including phenoxy) is 1. The Labute approximate surface area is 173 Å². The van der Waals surface area contributed by atoms with Gasteiger partial charge < -0.3 is 15.0 Å². The number of nitrogens with one attached hydrogen (secondary N) is 1. The van der Waals surface area contributed by atoms with Crippen molar-refractivity contribution in [3.63, 3.8) is 0 Å². The van der Waals surface area contributed by atoms with Crippen molar-refractivity contribution < 1.29 is 13.9 Å². The fraction of sp³-hybridized carbons (Fsp3) is 0.273. The van der Waals surface area contributed by atoms with Crippen molar-refractivity contribution in [3.05, 3.63) is 65.8 Å². The molecule has 1 N–H and O–H groups in total. The van der Waals surface area contributed by atoms with Gasteiger partial charge in [-0.2, -0.15) is 0 Å². The maximum absolute atomic E-state index is 13.1. The average molecular weight is 412 g/mol. The van der Waals surface area contributed by atoms with Crippen molar-refractivity contribution in [3.8, 4) is 17.0 Å². The number of benzene rings is 2. The molecule has 5 nitrogen and oxygen atoms in total. The number of piperidine rings is 1. The van der Waals surface area contributed by atoms with E-state index in [9.17, 15) is 9.18 Å². The minimum absolute atomic E-state index is 0.0255. The molecule has 1 amide bonds. The lowest BCUT2D eigenvalue weighted by atomic mass is 10.1. The van der Waals surface area contributed by atoms with Crippen LogP contribution in [0.25, 0.3) is 11.3 Å². The molecule has 1 fully saturated rings. The molecule has 0 saturated carbocycles. The van der Waals surface area contributed by atoms with Crippen molar-refractivity contribution >= 4 is 22.4 Å². The highest BCUT2D eigenvalue weighted by molar-refractivity contribution is 7.14. The molecule has 1 aliphatic heterocycles. The summed E-state index contributed by atoms with van der Waals surface area (Å²) in [6.07, 6.45) is 1.73. The fourth-order valence-electron chi connectivity index (χ4n) is 3.31. The van der Waals surface area contributed by atoms with Crippen LogP contribution in [0.3, 0.4) is 0 Å². The number of carbonyl (C=O) groups excluding carboxylic acids is 1. The third kappa shape index (κ3) is 5.12. The summed E-state index contributed by atoms with van der Waals surface area (Å²) in [7, 11) is 0. The van der Waals surface area contributed by atoms with Gasteiger partial charge in [0.15, 0.2) is 11.7 Å². The van der Waals surface area contributed by atoms with E-state index in [4.69, 9.17) is 9.72 Å². The standard InChI is InChI=1S/C22H22FN3O2S/c23-17-8-6-16(7-9-17)20-15-29-22(25-20)26-12-10-18(11-13-26)24-21(27)14-28-19-4-2-1-3-5-19/h1-9,15,18H,10-14H2,(H,24,27). The number of para-hydroxylation sites is 1. The number of rotatable bonds is 6. The topological polar surface area (TPSA) is 54.5 Å². The number of anilines is 1. The second-order valence-electron chi connectivity index (χ2n) is 6.95. The minimum Gasteiger partial charge on any atom is -0.484 e. The monoisotopic (exact) mass is 411 g/mol. The molecule has 2 heterocycles. The maximum Gasteiger partial charge on any atom is 0.258 e. The first-order chi connectivity index (χ1) is 14.2. The summed E-state index contributed by atoms with van der Waals surface area (Å²) in [6, 6.07) is 15.9. The zero-order valence-electron chi connectivity index (χ0n) is 15.9. The van der Waals surface area contributed by atoms with Crippen LogP contribution in [0.15, 0.2) is 60.0 Å². The van der Waals surface area contributed by atoms with E-state index in [0.717, 1.165) is 42.3 Å². The van der Waals surface area contributed by atoms with Gasteiger partial charge in [-0.15, -0.1) is 11.3 Å². The Kier molecular flexibility index (Phi) is 6.05. The Morgan fingerprint density at radius 3 is 2.59 bits per heavy atom. The number of hydrogen-bond acceptors (Lipinski definition) is 5. The average Bonchev–Trinajstić information content (AvgIpc) is 3.24. The van der Waals surface area contributed by atoms with Crippen molar-refractivity contribution in [2.45, 2.75) is 18.9 Å². The largest absolute Gasteiger partial charge is 0.484 e. The Bertz CT molecular complexity index is 938. The van der Waals surface area contributed by atoms with E-state index in [2.05, 4.69) is 10.2 Å². The van der Waals surface area contributed by atoms with E-state index in [0.29, 0.717) is 5.75 Å². The Morgan fingerprint density at radius 2 is 1.86 bits per heavy atom. The predicted molar refractivity (Wildman–Crippen MR) is 113 cm³/mol. The van der Waals surface area contributed by atoms with Gasteiger partial charge in [-0.1, -0.05) is 18.2 Å². The highest BCUT2D eigenvalue weighted by atomic mass is 32.1. The van der Waals surface area contributed by atoms with Crippen LogP contribution >= 0.6 is 11.3 Å². The second-order valence-corrected chi connectivity index (χ2v) is 7.79. The molecule has 2 aromatic carbocycles. The minimum atomic E-state index is -0.248. The quantitative estimate of drug-likeness (QED) is 0.663. The molecular formula is C22H22FN3O2S. The smallest absolute Gasteiger partial charge is 0.258 e. The van der Waals surface area contributed by atoms with E-state index in [1.54, 1.807) is 23.5 Å². The summed E-state index contributed by atoms with van der Waals surface area (Å²) in [4.78, 5) is 19.1. The van der Waals surface area contributed by atoms with Gasteiger partial charge in [0, 0.05) is 30.1 Å². The highest BCUT2D eigenvalue weighted by Gasteiger charge is 2.22. The summed E-state index contributed by atoms with van der Waals surface area (Å²) in [5, 5.41) is 6.01. The van der Waals surface area contributed by atoms with Crippen LogP contribution in [-0.2, 0) is 4.79 Å². The zero-order valence-corrected chi connectivity index (χ0v) is 16.7. The molecule has 4 rings (SSSR count). The Balaban J connectivity index is 1.25. The van der Waals surface area contributed by atoms with Gasteiger partial charge in [-0.05, 0) is 49.2 Å². The van der Waals surface area contributed by atoms with E-state index >= 15 is 0 Å². The van der Waals surface area contributed by atoms with Crippen molar-refractivity contribution in [2.24, 2.45) is 0 Å². The Morgan fingerprint density at radius 1 is 1.14 bits per heavy atom. The van der Waals surface area contributed by atoms with E-state index in [1.807, 2.05) is 35.7 Å². The van der Waals surface area contributed by atoms with Crippen LogP contribution in [0.2, 0.25) is 0 Å². The summed E-state index contributed by atoms with van der Waals surface area (Å²) in [5.74, 6) is 0.348. The molecule has 1 aliphatic rings. The van der Waals surface area contributed by atoms with Gasteiger partial charge >= 0.3 is 0 Å². The van der Waals surface area contributed by atoms with E-state index < -0.39 is 0 Å². The first-order valence-corrected chi connectivity index (χ1v) is 10.5. The van der Waals surface area contributed by atoms with Gasteiger partial charge in [0.2, 0.25) is 0 Å².